The lowest BCUT2D eigenvalue weighted by atomic mass is 10.1. The average molecular weight is 208 g/mol. The van der Waals surface area contributed by atoms with E-state index in [1.165, 1.54) is 0 Å². The molecule has 1 fully saturated rings. The van der Waals surface area contributed by atoms with Crippen LogP contribution in [0.15, 0.2) is 18.3 Å². The van der Waals surface area contributed by atoms with E-state index in [9.17, 15) is 9.59 Å². The first-order valence-electron chi connectivity index (χ1n) is 4.82. The summed E-state index contributed by atoms with van der Waals surface area (Å²) >= 11 is 0. The van der Waals surface area contributed by atoms with Crippen molar-refractivity contribution in [1.29, 1.82) is 0 Å². The normalized spacial score (nSPS) is 20.3. The quantitative estimate of drug-likeness (QED) is 0.751. The van der Waals surface area contributed by atoms with Crippen molar-refractivity contribution in [3.05, 3.63) is 24.0 Å². The van der Waals surface area contributed by atoms with Gasteiger partial charge in [-0.3, -0.25) is 4.79 Å². The van der Waals surface area contributed by atoms with Crippen LogP contribution in [-0.4, -0.2) is 28.1 Å². The second-order valence-corrected chi connectivity index (χ2v) is 3.73. The van der Waals surface area contributed by atoms with Gasteiger partial charge in [-0.15, -0.1) is 0 Å². The molecule has 5 nitrogen and oxygen atoms in total. The number of rotatable bonds is 3. The fourth-order valence-corrected chi connectivity index (χ4v) is 1.84. The Bertz CT molecular complexity index is 397. The summed E-state index contributed by atoms with van der Waals surface area (Å²) in [6.45, 7) is 1.21. The molecule has 0 radical (unpaired) electrons. The highest BCUT2D eigenvalue weighted by molar-refractivity contribution is 5.85. The van der Waals surface area contributed by atoms with Gasteiger partial charge in [0.05, 0.1) is 0 Å². The van der Waals surface area contributed by atoms with Gasteiger partial charge in [0.1, 0.15) is 5.69 Å². The van der Waals surface area contributed by atoms with Crippen LogP contribution in [0.4, 0.5) is 0 Å². The molecule has 1 aliphatic heterocycles. The SMILES string of the molecule is O=C1CC(Cn2cccc2C(=O)O)CN1. The molecule has 1 aromatic heterocycles. The van der Waals surface area contributed by atoms with Crippen molar-refractivity contribution in [2.24, 2.45) is 5.92 Å². The zero-order valence-electron chi connectivity index (χ0n) is 8.14. The van der Waals surface area contributed by atoms with Gasteiger partial charge in [0.25, 0.3) is 0 Å². The molecule has 0 spiro atoms. The predicted octanol–water partition coefficient (Wildman–Crippen LogP) is 0.322. The molecule has 5 heteroatoms. The zero-order chi connectivity index (χ0) is 10.8. The van der Waals surface area contributed by atoms with Gasteiger partial charge < -0.3 is 15.0 Å². The van der Waals surface area contributed by atoms with Crippen LogP contribution in [0.25, 0.3) is 0 Å². The molecule has 80 valence electrons. The Morgan fingerprint density at radius 1 is 1.67 bits per heavy atom. The van der Waals surface area contributed by atoms with Crippen molar-refractivity contribution in [2.75, 3.05) is 6.54 Å². The second-order valence-electron chi connectivity index (χ2n) is 3.73. The minimum atomic E-state index is -0.933. The van der Waals surface area contributed by atoms with Gasteiger partial charge in [0, 0.05) is 31.6 Å². The zero-order valence-corrected chi connectivity index (χ0v) is 8.14. The second kappa shape index (κ2) is 3.76. The number of aromatic carboxylic acids is 1. The van der Waals surface area contributed by atoms with Crippen LogP contribution >= 0.6 is 0 Å². The van der Waals surface area contributed by atoms with E-state index in [1.54, 1.807) is 22.9 Å². The number of nitrogens with zero attached hydrogens (tertiary/aromatic N) is 1. The van der Waals surface area contributed by atoms with Gasteiger partial charge >= 0.3 is 5.97 Å². The summed E-state index contributed by atoms with van der Waals surface area (Å²) in [5.41, 5.74) is 0.273. The van der Waals surface area contributed by atoms with Crippen molar-refractivity contribution in [1.82, 2.24) is 9.88 Å². The number of hydrogen-bond donors (Lipinski definition) is 2. The Morgan fingerprint density at radius 2 is 2.47 bits per heavy atom. The van der Waals surface area contributed by atoms with Crippen molar-refractivity contribution >= 4 is 11.9 Å². The topological polar surface area (TPSA) is 71.3 Å². The third-order valence-electron chi connectivity index (χ3n) is 2.57. The van der Waals surface area contributed by atoms with Gasteiger partial charge in [-0.2, -0.15) is 0 Å². The number of carboxylic acids is 1. The Balaban J connectivity index is 2.07. The van der Waals surface area contributed by atoms with Crippen molar-refractivity contribution in [2.45, 2.75) is 13.0 Å². The van der Waals surface area contributed by atoms with E-state index in [-0.39, 0.29) is 17.5 Å². The van der Waals surface area contributed by atoms with Gasteiger partial charge in [-0.1, -0.05) is 0 Å². The highest BCUT2D eigenvalue weighted by Crippen LogP contribution is 2.13. The maximum Gasteiger partial charge on any atom is 0.352 e. The van der Waals surface area contributed by atoms with Crippen molar-refractivity contribution in [3.63, 3.8) is 0 Å². The molecule has 1 saturated heterocycles. The Morgan fingerprint density at radius 3 is 3.07 bits per heavy atom. The lowest BCUT2D eigenvalue weighted by molar-refractivity contribution is -0.119. The summed E-state index contributed by atoms with van der Waals surface area (Å²) in [7, 11) is 0. The number of carboxylic acid groups (broad SMARTS) is 1. The maximum absolute atomic E-state index is 11.0. The number of aromatic nitrogens is 1. The van der Waals surface area contributed by atoms with Crippen LogP contribution in [0.3, 0.4) is 0 Å². The minimum Gasteiger partial charge on any atom is -0.477 e. The van der Waals surface area contributed by atoms with Crippen LogP contribution < -0.4 is 5.32 Å². The number of amides is 1. The van der Waals surface area contributed by atoms with Gasteiger partial charge in [0.15, 0.2) is 0 Å². The lowest BCUT2D eigenvalue weighted by Crippen LogP contribution is -2.17. The molecule has 2 heterocycles. The van der Waals surface area contributed by atoms with E-state index in [0.717, 1.165) is 0 Å². The molecule has 15 heavy (non-hydrogen) atoms. The Labute approximate surface area is 86.7 Å². The number of hydrogen-bond acceptors (Lipinski definition) is 2. The highest BCUT2D eigenvalue weighted by atomic mass is 16.4. The largest absolute Gasteiger partial charge is 0.477 e. The van der Waals surface area contributed by atoms with E-state index >= 15 is 0 Å². The fraction of sp³-hybridized carbons (Fsp3) is 0.400. The molecule has 0 saturated carbocycles. The molecule has 2 N–H and O–H groups in total. The molecule has 2 rings (SSSR count). The Hall–Kier alpha value is -1.78. The summed E-state index contributed by atoms with van der Waals surface area (Å²) in [4.78, 5) is 21.8. The van der Waals surface area contributed by atoms with Crippen LogP contribution in [0, 0.1) is 5.92 Å². The molecular weight excluding hydrogens is 196 g/mol. The first-order valence-corrected chi connectivity index (χ1v) is 4.82. The van der Waals surface area contributed by atoms with E-state index in [4.69, 9.17) is 5.11 Å². The summed E-state index contributed by atoms with van der Waals surface area (Å²) in [6.07, 6.45) is 2.21. The van der Waals surface area contributed by atoms with Crippen molar-refractivity contribution < 1.29 is 14.7 Å². The molecule has 1 aromatic rings. The van der Waals surface area contributed by atoms with Gasteiger partial charge in [-0.25, -0.2) is 4.79 Å². The molecule has 0 aliphatic carbocycles. The summed E-state index contributed by atoms with van der Waals surface area (Å²) in [6, 6.07) is 3.26. The number of nitrogens with one attached hydrogen (secondary N) is 1. The summed E-state index contributed by atoms with van der Waals surface area (Å²) < 4.78 is 1.67. The van der Waals surface area contributed by atoms with Gasteiger partial charge in [0.2, 0.25) is 5.91 Å². The molecule has 1 atom stereocenters. The molecule has 1 aliphatic rings. The minimum absolute atomic E-state index is 0.0454. The van der Waals surface area contributed by atoms with Crippen molar-refractivity contribution in [3.8, 4) is 0 Å². The summed E-state index contributed by atoms with van der Waals surface area (Å²) in [5, 5.41) is 11.6. The average Bonchev–Trinajstić information content (AvgIpc) is 2.75. The van der Waals surface area contributed by atoms with Crippen LogP contribution in [-0.2, 0) is 11.3 Å². The summed E-state index contributed by atoms with van der Waals surface area (Å²) in [5.74, 6) is -0.690. The number of carbonyl (C=O) groups is 2. The van der Waals surface area contributed by atoms with E-state index < -0.39 is 5.97 Å². The highest BCUT2D eigenvalue weighted by Gasteiger charge is 2.22. The number of carbonyl (C=O) groups excluding carboxylic acids is 1. The van der Waals surface area contributed by atoms with E-state index in [0.29, 0.717) is 19.5 Å². The van der Waals surface area contributed by atoms with Crippen LogP contribution in [0.2, 0.25) is 0 Å². The molecule has 0 aromatic carbocycles. The first-order chi connectivity index (χ1) is 7.16. The smallest absolute Gasteiger partial charge is 0.352 e. The third-order valence-corrected chi connectivity index (χ3v) is 2.57. The first kappa shape index (κ1) is 9.76. The van der Waals surface area contributed by atoms with Crippen LogP contribution in [0.1, 0.15) is 16.9 Å². The standard InChI is InChI=1S/C10H12N2O3/c13-9-4-7(5-11-9)6-12-3-1-2-8(12)10(14)15/h1-3,7H,4-6H2,(H,11,13)(H,14,15). The fourth-order valence-electron chi connectivity index (χ4n) is 1.84. The molecular formula is C10H12N2O3. The molecule has 1 amide bonds. The third kappa shape index (κ3) is 2.01. The monoisotopic (exact) mass is 208 g/mol. The maximum atomic E-state index is 11.0. The predicted molar refractivity (Wildman–Crippen MR) is 52.5 cm³/mol. The lowest BCUT2D eigenvalue weighted by Gasteiger charge is -2.10. The van der Waals surface area contributed by atoms with Crippen LogP contribution in [0.5, 0.6) is 0 Å². The molecule has 1 unspecified atom stereocenters. The Kier molecular flexibility index (Phi) is 2.45. The van der Waals surface area contributed by atoms with E-state index in [1.807, 2.05) is 0 Å². The molecule has 0 bridgehead atoms. The van der Waals surface area contributed by atoms with Gasteiger partial charge in [-0.05, 0) is 12.1 Å². The van der Waals surface area contributed by atoms with E-state index in [2.05, 4.69) is 5.32 Å².